The summed E-state index contributed by atoms with van der Waals surface area (Å²) >= 11 is 3.18. The van der Waals surface area contributed by atoms with Crippen LogP contribution in [0.2, 0.25) is 0 Å². The fourth-order valence-corrected chi connectivity index (χ4v) is 4.91. The van der Waals surface area contributed by atoms with E-state index >= 15 is 0 Å². The van der Waals surface area contributed by atoms with E-state index in [-0.39, 0.29) is 11.8 Å². The molecule has 6 heteroatoms. The molecule has 0 aliphatic carbocycles. The highest BCUT2D eigenvalue weighted by Crippen LogP contribution is 2.14. The molecule has 0 N–H and O–H groups in total. The highest BCUT2D eigenvalue weighted by molar-refractivity contribution is 7.11. The van der Waals surface area contributed by atoms with Gasteiger partial charge in [0, 0.05) is 48.1 Å². The van der Waals surface area contributed by atoms with Crippen molar-refractivity contribution in [2.75, 3.05) is 13.1 Å². The summed E-state index contributed by atoms with van der Waals surface area (Å²) in [7, 11) is 0. The number of carbonyl (C=O) groups is 2. The Kier molecular flexibility index (Phi) is 9.42. The van der Waals surface area contributed by atoms with E-state index in [4.69, 9.17) is 0 Å². The van der Waals surface area contributed by atoms with Crippen molar-refractivity contribution >= 4 is 46.6 Å². The second-order valence-corrected chi connectivity index (χ2v) is 10.1. The monoisotopic (exact) mass is 512 g/mol. The minimum Gasteiger partial charge on any atom is -0.333 e. The van der Waals surface area contributed by atoms with Crippen molar-refractivity contribution in [1.82, 2.24) is 9.80 Å². The highest BCUT2D eigenvalue weighted by Gasteiger charge is 2.17. The van der Waals surface area contributed by atoms with Gasteiger partial charge in [-0.15, -0.1) is 22.7 Å². The van der Waals surface area contributed by atoms with Crippen LogP contribution in [-0.2, 0) is 22.7 Å². The van der Waals surface area contributed by atoms with Crippen LogP contribution in [0.25, 0.3) is 12.2 Å². The van der Waals surface area contributed by atoms with Gasteiger partial charge in [-0.25, -0.2) is 0 Å². The van der Waals surface area contributed by atoms with Crippen LogP contribution < -0.4 is 0 Å². The molecular formula is C30H28N2O2S2. The van der Waals surface area contributed by atoms with Crippen molar-refractivity contribution in [1.29, 1.82) is 0 Å². The van der Waals surface area contributed by atoms with Gasteiger partial charge in [-0.1, -0.05) is 72.8 Å². The first kappa shape index (κ1) is 25.4. The third-order valence-electron chi connectivity index (χ3n) is 5.56. The SMILES string of the molecule is O=C(/C=C/c1cccs1)N(CCN(Cc1ccccc1)C(=O)/C=C/c1cccs1)Cc1ccccc1. The van der Waals surface area contributed by atoms with Gasteiger partial charge in [0.05, 0.1) is 0 Å². The molecule has 2 heterocycles. The van der Waals surface area contributed by atoms with Crippen LogP contribution in [0, 0.1) is 0 Å². The van der Waals surface area contributed by atoms with Gasteiger partial charge in [-0.05, 0) is 46.2 Å². The zero-order valence-electron chi connectivity index (χ0n) is 19.9. The van der Waals surface area contributed by atoms with E-state index in [1.165, 1.54) is 0 Å². The molecule has 0 bridgehead atoms. The Balaban J connectivity index is 1.50. The lowest BCUT2D eigenvalue weighted by Crippen LogP contribution is -2.39. The summed E-state index contributed by atoms with van der Waals surface area (Å²) in [6.07, 6.45) is 6.94. The van der Waals surface area contributed by atoms with Crippen molar-refractivity contribution in [2.24, 2.45) is 0 Å². The predicted octanol–water partition coefficient (Wildman–Crippen LogP) is 6.59. The van der Waals surface area contributed by atoms with Crippen molar-refractivity contribution in [2.45, 2.75) is 13.1 Å². The summed E-state index contributed by atoms with van der Waals surface area (Å²) < 4.78 is 0. The molecule has 4 rings (SSSR count). The standard InChI is InChI=1S/C30H28N2O2S2/c33-29(17-15-27-13-7-21-35-27)31(23-25-9-3-1-4-10-25)19-20-32(24-26-11-5-2-6-12-26)30(34)18-16-28-14-8-22-36-28/h1-18,21-22H,19-20,23-24H2/b17-15+,18-16+. The Morgan fingerprint density at radius 1 is 0.583 bits per heavy atom. The number of hydrogen-bond donors (Lipinski definition) is 0. The molecule has 0 spiro atoms. The molecule has 182 valence electrons. The van der Waals surface area contributed by atoms with E-state index in [9.17, 15) is 9.59 Å². The summed E-state index contributed by atoms with van der Waals surface area (Å²) in [5.74, 6) is -0.151. The van der Waals surface area contributed by atoms with Gasteiger partial charge in [0.25, 0.3) is 0 Å². The smallest absolute Gasteiger partial charge is 0.246 e. The normalized spacial score (nSPS) is 11.2. The molecule has 2 amide bonds. The van der Waals surface area contributed by atoms with Crippen molar-refractivity contribution in [3.8, 4) is 0 Å². The van der Waals surface area contributed by atoms with Crippen LogP contribution in [-0.4, -0.2) is 34.7 Å². The molecule has 0 unspecified atom stereocenters. The maximum Gasteiger partial charge on any atom is 0.246 e. The van der Waals surface area contributed by atoms with Gasteiger partial charge >= 0.3 is 0 Å². The van der Waals surface area contributed by atoms with E-state index in [0.29, 0.717) is 26.2 Å². The van der Waals surface area contributed by atoms with Gasteiger partial charge in [0.1, 0.15) is 0 Å². The van der Waals surface area contributed by atoms with E-state index in [1.54, 1.807) is 44.6 Å². The Hall–Kier alpha value is -3.74. The third kappa shape index (κ3) is 7.90. The maximum absolute atomic E-state index is 13.2. The van der Waals surface area contributed by atoms with E-state index in [0.717, 1.165) is 20.9 Å². The summed E-state index contributed by atoms with van der Waals surface area (Å²) in [6, 6.07) is 27.8. The molecule has 4 aromatic rings. The minimum atomic E-state index is -0.0755. The van der Waals surface area contributed by atoms with Crippen molar-refractivity contribution in [3.63, 3.8) is 0 Å². The summed E-state index contributed by atoms with van der Waals surface area (Å²) in [4.78, 5) is 32.0. The van der Waals surface area contributed by atoms with Crippen LogP contribution >= 0.6 is 22.7 Å². The molecule has 0 atom stereocenters. The molecule has 0 saturated heterocycles. The van der Waals surface area contributed by atoms with Crippen molar-refractivity contribution < 1.29 is 9.59 Å². The van der Waals surface area contributed by atoms with E-state index in [2.05, 4.69) is 0 Å². The molecule has 4 nitrogen and oxygen atoms in total. The molecule has 36 heavy (non-hydrogen) atoms. The maximum atomic E-state index is 13.2. The first-order valence-electron chi connectivity index (χ1n) is 11.8. The average molecular weight is 513 g/mol. The van der Waals surface area contributed by atoms with Crippen molar-refractivity contribution in [3.05, 3.63) is 129 Å². The largest absolute Gasteiger partial charge is 0.333 e. The quantitative estimate of drug-likeness (QED) is 0.213. The molecule has 2 aromatic heterocycles. The first-order valence-corrected chi connectivity index (χ1v) is 13.5. The average Bonchev–Trinajstić information content (AvgIpc) is 3.63. The Morgan fingerprint density at radius 3 is 1.36 bits per heavy atom. The minimum absolute atomic E-state index is 0.0755. The van der Waals surface area contributed by atoms with Gasteiger partial charge in [-0.3, -0.25) is 9.59 Å². The lowest BCUT2D eigenvalue weighted by molar-refractivity contribution is -0.130. The molecule has 0 radical (unpaired) electrons. The number of benzene rings is 2. The predicted molar refractivity (Wildman–Crippen MR) is 150 cm³/mol. The van der Waals surface area contributed by atoms with Crippen LogP contribution in [0.1, 0.15) is 20.9 Å². The summed E-state index contributed by atoms with van der Waals surface area (Å²) in [5.41, 5.74) is 2.10. The molecule has 0 saturated carbocycles. The zero-order valence-corrected chi connectivity index (χ0v) is 21.5. The zero-order chi connectivity index (χ0) is 25.0. The fourth-order valence-electron chi connectivity index (χ4n) is 3.67. The van der Waals surface area contributed by atoms with Gasteiger partial charge < -0.3 is 9.80 Å². The number of carbonyl (C=O) groups excluding carboxylic acids is 2. The molecule has 0 aliphatic heterocycles. The second kappa shape index (κ2) is 13.4. The van der Waals surface area contributed by atoms with Crippen LogP contribution in [0.15, 0.2) is 108 Å². The fraction of sp³-hybridized carbons (Fsp3) is 0.133. The molecule has 2 aromatic carbocycles. The first-order chi connectivity index (χ1) is 17.7. The number of hydrogen-bond acceptors (Lipinski definition) is 4. The molecule has 0 fully saturated rings. The van der Waals surface area contributed by atoms with Gasteiger partial charge in [0.2, 0.25) is 11.8 Å². The number of rotatable bonds is 11. The van der Waals surface area contributed by atoms with Gasteiger partial charge in [0.15, 0.2) is 0 Å². The Labute approximate surface area is 220 Å². The van der Waals surface area contributed by atoms with E-state index < -0.39 is 0 Å². The lowest BCUT2D eigenvalue weighted by atomic mass is 10.2. The number of amides is 2. The molecule has 0 aliphatic rings. The Bertz CT molecular complexity index is 1160. The number of thiophene rings is 2. The third-order valence-corrected chi connectivity index (χ3v) is 7.24. The summed E-state index contributed by atoms with van der Waals surface area (Å²) in [6.45, 7) is 1.81. The van der Waals surface area contributed by atoms with Crippen LogP contribution in [0.3, 0.4) is 0 Å². The number of nitrogens with zero attached hydrogens (tertiary/aromatic N) is 2. The van der Waals surface area contributed by atoms with Crippen LogP contribution in [0.5, 0.6) is 0 Å². The molecular weight excluding hydrogens is 484 g/mol. The Morgan fingerprint density at radius 2 is 1.00 bits per heavy atom. The van der Waals surface area contributed by atoms with E-state index in [1.807, 2.05) is 108 Å². The van der Waals surface area contributed by atoms with Gasteiger partial charge in [-0.2, -0.15) is 0 Å². The topological polar surface area (TPSA) is 40.6 Å². The summed E-state index contributed by atoms with van der Waals surface area (Å²) in [5, 5.41) is 3.98. The lowest BCUT2D eigenvalue weighted by Gasteiger charge is -2.27. The van der Waals surface area contributed by atoms with Crippen LogP contribution in [0.4, 0.5) is 0 Å². The second-order valence-electron chi connectivity index (χ2n) is 8.19. The highest BCUT2D eigenvalue weighted by atomic mass is 32.1.